The molecule has 5 rings (SSSR count). The van der Waals surface area contributed by atoms with Gasteiger partial charge in [-0.25, -0.2) is 0 Å². The van der Waals surface area contributed by atoms with Gasteiger partial charge in [-0.15, -0.1) is 0 Å². The van der Waals surface area contributed by atoms with Gasteiger partial charge in [-0.2, -0.15) is 0 Å². The number of aryl methyl sites for hydroxylation is 1. The van der Waals surface area contributed by atoms with Gasteiger partial charge in [0.15, 0.2) is 0 Å². The Kier molecular flexibility index (Phi) is 6.44. The molecule has 0 bridgehead atoms. The predicted octanol–water partition coefficient (Wildman–Crippen LogP) is 5.35. The van der Waals surface area contributed by atoms with Gasteiger partial charge in [0.2, 0.25) is 11.8 Å². The Labute approximate surface area is 215 Å². The summed E-state index contributed by atoms with van der Waals surface area (Å²) >= 11 is 0. The van der Waals surface area contributed by atoms with Crippen LogP contribution < -0.4 is 15.5 Å². The molecule has 0 unspecified atom stereocenters. The van der Waals surface area contributed by atoms with Crippen LogP contribution in [-0.4, -0.2) is 23.6 Å². The summed E-state index contributed by atoms with van der Waals surface area (Å²) in [4.78, 5) is 52.3. The number of benzene rings is 3. The number of nitrogens with one attached hydrogen (secondary N) is 2. The van der Waals surface area contributed by atoms with Crippen LogP contribution in [0.3, 0.4) is 0 Å². The summed E-state index contributed by atoms with van der Waals surface area (Å²) in [5.41, 5.74) is 4.82. The summed E-state index contributed by atoms with van der Waals surface area (Å²) in [5.74, 6) is -1.54. The van der Waals surface area contributed by atoms with E-state index < -0.39 is 0 Å². The van der Waals surface area contributed by atoms with Crippen molar-refractivity contribution in [2.45, 2.75) is 26.7 Å². The number of nitrogens with zero attached hydrogens (tertiary/aromatic N) is 1. The van der Waals surface area contributed by atoms with Gasteiger partial charge in [0.05, 0.1) is 17.5 Å². The third kappa shape index (κ3) is 4.93. The maximum atomic E-state index is 12.9. The summed E-state index contributed by atoms with van der Waals surface area (Å²) < 4.78 is 0. The van der Waals surface area contributed by atoms with Crippen molar-refractivity contribution in [1.29, 1.82) is 0 Å². The molecule has 1 aliphatic carbocycles. The number of anilines is 3. The minimum atomic E-state index is -0.337. The lowest BCUT2D eigenvalue weighted by Crippen LogP contribution is -2.30. The summed E-state index contributed by atoms with van der Waals surface area (Å²) in [5, 5.41) is 5.65. The van der Waals surface area contributed by atoms with E-state index in [1.807, 2.05) is 44.2 Å². The van der Waals surface area contributed by atoms with Gasteiger partial charge >= 0.3 is 0 Å². The van der Waals surface area contributed by atoms with Crippen LogP contribution in [0.2, 0.25) is 0 Å². The Hall–Kier alpha value is -4.52. The molecule has 3 aromatic rings. The van der Waals surface area contributed by atoms with Gasteiger partial charge in [-0.3, -0.25) is 24.1 Å². The lowest BCUT2D eigenvalue weighted by atomic mass is 9.82. The summed E-state index contributed by atoms with van der Waals surface area (Å²) in [6.45, 7) is 3.96. The number of rotatable bonds is 5. The van der Waals surface area contributed by atoms with Crippen molar-refractivity contribution >= 4 is 40.7 Å². The van der Waals surface area contributed by atoms with Crippen molar-refractivity contribution in [3.8, 4) is 0 Å². The highest BCUT2D eigenvalue weighted by Gasteiger charge is 2.48. The molecule has 1 aliphatic heterocycles. The molecule has 186 valence electrons. The number of allylic oxidation sites excluding steroid dienone is 2. The first-order chi connectivity index (χ1) is 17.8. The molecular weight excluding hydrogens is 466 g/mol. The third-order valence-electron chi connectivity index (χ3n) is 6.93. The second-order valence-electron chi connectivity index (χ2n) is 9.61. The Morgan fingerprint density at radius 1 is 0.703 bits per heavy atom. The van der Waals surface area contributed by atoms with Gasteiger partial charge in [-0.05, 0) is 87.4 Å². The standard InChI is InChI=1S/C30H27N3O4/c1-18-3-10-22(11-4-18)31-27(34)20-6-12-23(13-7-20)32-28(35)21-8-14-24(15-9-21)33-29(36)25-16-5-19(2)17-26(25)30(33)37/h3-15,25-26H,16-17H2,1-2H3,(H,31,34)(H,32,35)/t25-,26-/m1/s1. The van der Waals surface area contributed by atoms with Crippen molar-refractivity contribution in [3.63, 3.8) is 0 Å². The van der Waals surface area contributed by atoms with Crippen LogP contribution in [0.15, 0.2) is 84.4 Å². The van der Waals surface area contributed by atoms with Crippen molar-refractivity contribution < 1.29 is 19.2 Å². The molecule has 4 amide bonds. The summed E-state index contributed by atoms with van der Waals surface area (Å²) in [7, 11) is 0. The molecule has 37 heavy (non-hydrogen) atoms. The Bertz CT molecular complexity index is 1410. The fourth-order valence-corrected chi connectivity index (χ4v) is 4.80. The van der Waals surface area contributed by atoms with Gasteiger partial charge in [0, 0.05) is 22.5 Å². The lowest BCUT2D eigenvalue weighted by molar-refractivity contribution is -0.122. The summed E-state index contributed by atoms with van der Waals surface area (Å²) in [6, 6.07) is 20.6. The molecular formula is C30H27N3O4. The second-order valence-corrected chi connectivity index (χ2v) is 9.61. The normalized spacial score (nSPS) is 18.8. The van der Waals surface area contributed by atoms with E-state index in [-0.39, 0.29) is 35.5 Å². The van der Waals surface area contributed by atoms with E-state index in [2.05, 4.69) is 10.6 Å². The number of fused-ring (bicyclic) bond motifs is 1. The highest BCUT2D eigenvalue weighted by atomic mass is 16.2. The zero-order valence-corrected chi connectivity index (χ0v) is 20.7. The van der Waals surface area contributed by atoms with Gasteiger partial charge in [-0.1, -0.05) is 29.3 Å². The van der Waals surface area contributed by atoms with E-state index in [0.717, 1.165) is 11.1 Å². The zero-order valence-electron chi connectivity index (χ0n) is 20.7. The molecule has 3 aromatic carbocycles. The number of hydrogen-bond acceptors (Lipinski definition) is 4. The fraction of sp³-hybridized carbons (Fsp3) is 0.200. The minimum Gasteiger partial charge on any atom is -0.322 e. The first-order valence-electron chi connectivity index (χ1n) is 12.2. The van der Waals surface area contributed by atoms with E-state index in [1.54, 1.807) is 48.5 Å². The third-order valence-corrected chi connectivity index (χ3v) is 6.93. The van der Waals surface area contributed by atoms with Crippen LogP contribution in [0.25, 0.3) is 0 Å². The zero-order chi connectivity index (χ0) is 26.1. The number of amides is 4. The van der Waals surface area contributed by atoms with Crippen molar-refractivity contribution in [2.24, 2.45) is 11.8 Å². The molecule has 1 fully saturated rings. The van der Waals surface area contributed by atoms with E-state index in [4.69, 9.17) is 0 Å². The SMILES string of the molecule is CC1=CC[C@H]2C(=O)N(c3ccc(C(=O)Nc4ccc(C(=O)Nc5ccc(C)cc5)cc4)cc3)C(=O)[C@@H]2C1. The maximum Gasteiger partial charge on any atom is 0.255 e. The average Bonchev–Trinajstić information content (AvgIpc) is 3.14. The molecule has 0 radical (unpaired) electrons. The number of hydrogen-bond donors (Lipinski definition) is 2. The highest BCUT2D eigenvalue weighted by Crippen LogP contribution is 2.39. The monoisotopic (exact) mass is 493 g/mol. The molecule has 0 spiro atoms. The number of carbonyl (C=O) groups excluding carboxylic acids is 4. The minimum absolute atomic E-state index is 0.175. The first-order valence-corrected chi connectivity index (χ1v) is 12.2. The first kappa shape index (κ1) is 24.2. The van der Waals surface area contributed by atoms with Gasteiger partial charge in [0.25, 0.3) is 11.8 Å². The molecule has 1 heterocycles. The van der Waals surface area contributed by atoms with Crippen LogP contribution in [0.5, 0.6) is 0 Å². The Morgan fingerprint density at radius 2 is 1.19 bits per heavy atom. The van der Waals surface area contributed by atoms with Gasteiger partial charge < -0.3 is 10.6 Å². The molecule has 0 aromatic heterocycles. The van der Waals surface area contributed by atoms with Crippen LogP contribution >= 0.6 is 0 Å². The second kappa shape index (κ2) is 9.85. The van der Waals surface area contributed by atoms with Crippen LogP contribution in [0.1, 0.15) is 46.0 Å². The van der Waals surface area contributed by atoms with E-state index in [0.29, 0.717) is 41.0 Å². The Balaban J connectivity index is 1.21. The maximum absolute atomic E-state index is 12.9. The largest absolute Gasteiger partial charge is 0.322 e. The average molecular weight is 494 g/mol. The highest BCUT2D eigenvalue weighted by molar-refractivity contribution is 6.22. The molecule has 7 nitrogen and oxygen atoms in total. The van der Waals surface area contributed by atoms with E-state index in [9.17, 15) is 19.2 Å². The molecule has 2 aliphatic rings. The lowest BCUT2D eigenvalue weighted by Gasteiger charge is -2.18. The van der Waals surface area contributed by atoms with Crippen LogP contribution in [0, 0.1) is 18.8 Å². The molecule has 0 saturated carbocycles. The fourth-order valence-electron chi connectivity index (χ4n) is 4.80. The molecule has 7 heteroatoms. The van der Waals surface area contributed by atoms with E-state index in [1.165, 1.54) is 4.90 Å². The Morgan fingerprint density at radius 3 is 1.76 bits per heavy atom. The van der Waals surface area contributed by atoms with Crippen LogP contribution in [0.4, 0.5) is 17.1 Å². The number of imide groups is 1. The van der Waals surface area contributed by atoms with Crippen molar-refractivity contribution in [3.05, 3.63) is 101 Å². The predicted molar refractivity (Wildman–Crippen MR) is 142 cm³/mol. The quantitative estimate of drug-likeness (QED) is 0.370. The summed E-state index contributed by atoms with van der Waals surface area (Å²) in [6.07, 6.45) is 3.23. The van der Waals surface area contributed by atoms with Crippen molar-refractivity contribution in [1.82, 2.24) is 0 Å². The van der Waals surface area contributed by atoms with E-state index >= 15 is 0 Å². The molecule has 2 atom stereocenters. The molecule has 2 N–H and O–H groups in total. The van der Waals surface area contributed by atoms with Crippen LogP contribution in [-0.2, 0) is 9.59 Å². The van der Waals surface area contributed by atoms with Gasteiger partial charge in [0.1, 0.15) is 0 Å². The topological polar surface area (TPSA) is 95.6 Å². The molecule has 1 saturated heterocycles. The van der Waals surface area contributed by atoms with Crippen molar-refractivity contribution in [2.75, 3.05) is 15.5 Å². The number of carbonyl (C=O) groups is 4. The smallest absolute Gasteiger partial charge is 0.255 e.